The highest BCUT2D eigenvalue weighted by Gasteiger charge is 2.37. The third kappa shape index (κ3) is 3.33. The van der Waals surface area contributed by atoms with E-state index in [0.717, 1.165) is 24.8 Å². The molecule has 0 aromatic heterocycles. The lowest BCUT2D eigenvalue weighted by Crippen LogP contribution is -2.49. The molecule has 1 aliphatic carbocycles. The number of carbonyl (C=O) groups is 1. The summed E-state index contributed by atoms with van der Waals surface area (Å²) in [4.78, 5) is 12.1. The van der Waals surface area contributed by atoms with Gasteiger partial charge in [0.05, 0.1) is 5.60 Å². The Labute approximate surface area is 114 Å². The number of nitrogens with one attached hydrogen (secondary N) is 1. The molecule has 4 nitrogen and oxygen atoms in total. The molecule has 1 saturated carbocycles. The van der Waals surface area contributed by atoms with Gasteiger partial charge in [-0.3, -0.25) is 4.79 Å². The highest BCUT2D eigenvalue weighted by Crippen LogP contribution is 2.34. The van der Waals surface area contributed by atoms with Crippen LogP contribution in [-0.2, 0) is 11.2 Å². The SMILES string of the molecule is COC1(CNC(=O)c2cccc(CCN)c2)CCC1. The minimum Gasteiger partial charge on any atom is -0.376 e. The van der Waals surface area contributed by atoms with Gasteiger partial charge in [0.1, 0.15) is 0 Å². The monoisotopic (exact) mass is 262 g/mol. The first-order valence-electron chi connectivity index (χ1n) is 6.81. The van der Waals surface area contributed by atoms with Gasteiger partial charge in [-0.2, -0.15) is 0 Å². The zero-order valence-electron chi connectivity index (χ0n) is 11.4. The third-order valence-electron chi connectivity index (χ3n) is 3.89. The van der Waals surface area contributed by atoms with Crippen molar-refractivity contribution in [3.05, 3.63) is 35.4 Å². The molecule has 4 heteroatoms. The van der Waals surface area contributed by atoms with Crippen LogP contribution in [0.3, 0.4) is 0 Å². The second-order valence-corrected chi connectivity index (χ2v) is 5.16. The Bertz CT molecular complexity index is 436. The van der Waals surface area contributed by atoms with Crippen molar-refractivity contribution in [2.24, 2.45) is 5.73 Å². The molecule has 2 rings (SSSR count). The first kappa shape index (κ1) is 14.0. The van der Waals surface area contributed by atoms with E-state index in [-0.39, 0.29) is 11.5 Å². The van der Waals surface area contributed by atoms with Crippen molar-refractivity contribution in [2.75, 3.05) is 20.2 Å². The van der Waals surface area contributed by atoms with Gasteiger partial charge < -0.3 is 15.8 Å². The van der Waals surface area contributed by atoms with E-state index >= 15 is 0 Å². The molecule has 0 atom stereocenters. The zero-order valence-corrected chi connectivity index (χ0v) is 11.4. The van der Waals surface area contributed by atoms with E-state index in [1.807, 2.05) is 24.3 Å². The van der Waals surface area contributed by atoms with Crippen LogP contribution in [0.25, 0.3) is 0 Å². The van der Waals surface area contributed by atoms with Gasteiger partial charge in [0.25, 0.3) is 5.91 Å². The lowest BCUT2D eigenvalue weighted by atomic mass is 9.80. The number of amides is 1. The predicted molar refractivity (Wildman–Crippen MR) is 75.1 cm³/mol. The summed E-state index contributed by atoms with van der Waals surface area (Å²) in [6.07, 6.45) is 4.02. The Balaban J connectivity index is 1.94. The minimum absolute atomic E-state index is 0.0396. The molecular formula is C15H22N2O2. The molecule has 1 aromatic carbocycles. The number of carbonyl (C=O) groups excluding carboxylic acids is 1. The van der Waals surface area contributed by atoms with Gasteiger partial charge >= 0.3 is 0 Å². The van der Waals surface area contributed by atoms with Gasteiger partial charge in [-0.15, -0.1) is 0 Å². The number of hydrogen-bond acceptors (Lipinski definition) is 3. The van der Waals surface area contributed by atoms with Crippen LogP contribution in [0.4, 0.5) is 0 Å². The molecule has 0 unspecified atom stereocenters. The summed E-state index contributed by atoms with van der Waals surface area (Å²) in [7, 11) is 1.72. The van der Waals surface area contributed by atoms with Gasteiger partial charge in [0, 0.05) is 19.2 Å². The smallest absolute Gasteiger partial charge is 0.251 e. The fraction of sp³-hybridized carbons (Fsp3) is 0.533. The summed E-state index contributed by atoms with van der Waals surface area (Å²) in [6.45, 7) is 1.18. The van der Waals surface area contributed by atoms with Crippen molar-refractivity contribution in [1.82, 2.24) is 5.32 Å². The molecule has 1 aliphatic rings. The quantitative estimate of drug-likeness (QED) is 0.816. The van der Waals surface area contributed by atoms with Crippen molar-refractivity contribution in [3.8, 4) is 0 Å². The van der Waals surface area contributed by atoms with Crippen molar-refractivity contribution >= 4 is 5.91 Å². The zero-order chi connectivity index (χ0) is 13.7. The first-order valence-corrected chi connectivity index (χ1v) is 6.81. The second-order valence-electron chi connectivity index (χ2n) is 5.16. The summed E-state index contributed by atoms with van der Waals surface area (Å²) in [5.41, 5.74) is 7.18. The van der Waals surface area contributed by atoms with Crippen LogP contribution in [0.2, 0.25) is 0 Å². The van der Waals surface area contributed by atoms with E-state index in [0.29, 0.717) is 18.7 Å². The molecule has 0 spiro atoms. The molecule has 1 fully saturated rings. The number of rotatable bonds is 6. The number of methoxy groups -OCH3 is 1. The Morgan fingerprint density at radius 2 is 2.26 bits per heavy atom. The highest BCUT2D eigenvalue weighted by molar-refractivity contribution is 5.94. The van der Waals surface area contributed by atoms with Crippen molar-refractivity contribution in [3.63, 3.8) is 0 Å². The second kappa shape index (κ2) is 6.17. The lowest BCUT2D eigenvalue weighted by Gasteiger charge is -2.40. The average molecular weight is 262 g/mol. The summed E-state index contributed by atoms with van der Waals surface area (Å²) in [5, 5.41) is 2.97. The van der Waals surface area contributed by atoms with Crippen LogP contribution < -0.4 is 11.1 Å². The Morgan fingerprint density at radius 1 is 1.47 bits per heavy atom. The summed E-state index contributed by atoms with van der Waals surface area (Å²) >= 11 is 0. The maximum atomic E-state index is 12.1. The molecule has 0 saturated heterocycles. The molecule has 0 aliphatic heterocycles. The highest BCUT2D eigenvalue weighted by atomic mass is 16.5. The minimum atomic E-state index is -0.134. The normalized spacial score (nSPS) is 16.7. The molecule has 1 aromatic rings. The predicted octanol–water partition coefficient (Wildman–Crippen LogP) is 1.49. The fourth-order valence-electron chi connectivity index (χ4n) is 2.40. The van der Waals surface area contributed by atoms with E-state index in [1.165, 1.54) is 6.42 Å². The standard InChI is InChI=1S/C15H22N2O2/c1-19-15(7-3-8-15)11-17-14(18)13-5-2-4-12(10-13)6-9-16/h2,4-5,10H,3,6-9,11,16H2,1H3,(H,17,18). The van der Waals surface area contributed by atoms with Gasteiger partial charge in [-0.05, 0) is 49.9 Å². The van der Waals surface area contributed by atoms with Crippen molar-refractivity contribution < 1.29 is 9.53 Å². The third-order valence-corrected chi connectivity index (χ3v) is 3.89. The summed E-state index contributed by atoms with van der Waals surface area (Å²) in [6, 6.07) is 7.62. The molecule has 3 N–H and O–H groups in total. The Kier molecular flexibility index (Phi) is 4.56. The largest absolute Gasteiger partial charge is 0.376 e. The fourth-order valence-corrected chi connectivity index (χ4v) is 2.40. The number of ether oxygens (including phenoxy) is 1. The molecular weight excluding hydrogens is 240 g/mol. The van der Waals surface area contributed by atoms with Crippen LogP contribution in [0.5, 0.6) is 0 Å². The van der Waals surface area contributed by atoms with Gasteiger partial charge in [-0.25, -0.2) is 0 Å². The van der Waals surface area contributed by atoms with E-state index < -0.39 is 0 Å². The molecule has 104 valence electrons. The number of benzene rings is 1. The maximum Gasteiger partial charge on any atom is 0.251 e. The number of nitrogens with two attached hydrogens (primary N) is 1. The Morgan fingerprint density at radius 3 is 2.84 bits per heavy atom. The van der Waals surface area contributed by atoms with E-state index in [4.69, 9.17) is 10.5 Å². The van der Waals surface area contributed by atoms with Crippen molar-refractivity contribution in [2.45, 2.75) is 31.3 Å². The van der Waals surface area contributed by atoms with Crippen LogP contribution in [0, 0.1) is 0 Å². The van der Waals surface area contributed by atoms with Gasteiger partial charge in [0.15, 0.2) is 0 Å². The van der Waals surface area contributed by atoms with Crippen LogP contribution >= 0.6 is 0 Å². The molecule has 1 amide bonds. The Hall–Kier alpha value is -1.39. The van der Waals surface area contributed by atoms with Gasteiger partial charge in [-0.1, -0.05) is 12.1 Å². The topological polar surface area (TPSA) is 64.3 Å². The van der Waals surface area contributed by atoms with E-state index in [1.54, 1.807) is 7.11 Å². The lowest BCUT2D eigenvalue weighted by molar-refractivity contribution is -0.0679. The first-order chi connectivity index (χ1) is 9.19. The van der Waals surface area contributed by atoms with Crippen LogP contribution in [-0.4, -0.2) is 31.7 Å². The number of hydrogen-bond donors (Lipinski definition) is 2. The van der Waals surface area contributed by atoms with Gasteiger partial charge in [0.2, 0.25) is 0 Å². The summed E-state index contributed by atoms with van der Waals surface area (Å²) < 4.78 is 5.49. The van der Waals surface area contributed by atoms with E-state index in [2.05, 4.69) is 5.32 Å². The van der Waals surface area contributed by atoms with Crippen LogP contribution in [0.1, 0.15) is 35.2 Å². The van der Waals surface area contributed by atoms with Crippen LogP contribution in [0.15, 0.2) is 24.3 Å². The maximum absolute atomic E-state index is 12.1. The molecule has 0 heterocycles. The van der Waals surface area contributed by atoms with Crippen molar-refractivity contribution in [1.29, 1.82) is 0 Å². The molecule has 19 heavy (non-hydrogen) atoms. The summed E-state index contributed by atoms with van der Waals surface area (Å²) in [5.74, 6) is -0.0396. The van der Waals surface area contributed by atoms with E-state index in [9.17, 15) is 4.79 Å². The average Bonchev–Trinajstić information content (AvgIpc) is 2.38. The molecule has 0 bridgehead atoms. The molecule has 0 radical (unpaired) electrons.